The van der Waals surface area contributed by atoms with Gasteiger partial charge in [0, 0.05) is 18.2 Å². The Morgan fingerprint density at radius 3 is 2.90 bits per heavy atom. The summed E-state index contributed by atoms with van der Waals surface area (Å²) in [4.78, 5) is 23.5. The van der Waals surface area contributed by atoms with Gasteiger partial charge in [0.1, 0.15) is 11.9 Å². The third kappa shape index (κ3) is 3.36. The molecule has 6 nitrogen and oxygen atoms in total. The third-order valence-corrected chi connectivity index (χ3v) is 3.90. The summed E-state index contributed by atoms with van der Waals surface area (Å²) in [7, 11) is 0. The van der Waals surface area contributed by atoms with Crippen LogP contribution in [0, 0.1) is 21.8 Å². The van der Waals surface area contributed by atoms with Gasteiger partial charge in [-0.25, -0.2) is 4.39 Å². The Morgan fingerprint density at radius 1 is 1.57 bits per heavy atom. The molecule has 2 atom stereocenters. The predicted octanol–water partition coefficient (Wildman–Crippen LogP) is 2.42. The fourth-order valence-electron chi connectivity index (χ4n) is 2.93. The lowest BCUT2D eigenvalue weighted by Gasteiger charge is -2.37. The van der Waals surface area contributed by atoms with E-state index in [0.717, 1.165) is 31.0 Å². The van der Waals surface area contributed by atoms with Crippen LogP contribution in [0.5, 0.6) is 0 Å². The number of benzene rings is 1. The highest BCUT2D eigenvalue weighted by Crippen LogP contribution is 2.28. The summed E-state index contributed by atoms with van der Waals surface area (Å²) in [6.45, 7) is 2.45. The molecule has 2 rings (SSSR count). The number of piperidine rings is 1. The van der Waals surface area contributed by atoms with Gasteiger partial charge in [0.2, 0.25) is 0 Å². The van der Waals surface area contributed by atoms with E-state index in [-0.39, 0.29) is 23.7 Å². The molecule has 0 aromatic heterocycles. The third-order valence-electron chi connectivity index (χ3n) is 3.90. The molecule has 1 fully saturated rings. The van der Waals surface area contributed by atoms with Gasteiger partial charge in [-0.05, 0) is 37.4 Å². The van der Waals surface area contributed by atoms with Crippen molar-refractivity contribution in [2.24, 2.45) is 5.92 Å². The van der Waals surface area contributed by atoms with Gasteiger partial charge in [-0.1, -0.05) is 6.92 Å². The van der Waals surface area contributed by atoms with Gasteiger partial charge in [0.05, 0.1) is 4.92 Å². The van der Waals surface area contributed by atoms with E-state index in [4.69, 9.17) is 0 Å². The van der Waals surface area contributed by atoms with E-state index >= 15 is 0 Å². The second-order valence-electron chi connectivity index (χ2n) is 5.40. The van der Waals surface area contributed by atoms with Crippen LogP contribution in [0.1, 0.15) is 25.3 Å². The van der Waals surface area contributed by atoms with E-state index < -0.39 is 22.8 Å². The summed E-state index contributed by atoms with van der Waals surface area (Å²) in [5.74, 6) is -1.54. The molecule has 1 aromatic rings. The van der Waals surface area contributed by atoms with Crippen LogP contribution in [0.2, 0.25) is 0 Å². The molecule has 1 aromatic carbocycles. The number of hydrogen-bond acceptors (Lipinski definition) is 4. The largest absolute Gasteiger partial charge is 0.480 e. The van der Waals surface area contributed by atoms with Crippen LogP contribution in [-0.2, 0) is 11.3 Å². The monoisotopic (exact) mass is 296 g/mol. The number of rotatable bonds is 4. The van der Waals surface area contributed by atoms with Gasteiger partial charge in [-0.2, -0.15) is 0 Å². The fraction of sp³-hybridized carbons (Fsp3) is 0.500. The second kappa shape index (κ2) is 6.17. The molecule has 1 aliphatic rings. The molecule has 2 unspecified atom stereocenters. The average Bonchev–Trinajstić information content (AvgIpc) is 2.37. The number of carboxylic acid groups (broad SMARTS) is 1. The van der Waals surface area contributed by atoms with Crippen LogP contribution in [0.25, 0.3) is 0 Å². The van der Waals surface area contributed by atoms with Crippen molar-refractivity contribution >= 4 is 11.7 Å². The van der Waals surface area contributed by atoms with E-state index in [1.165, 1.54) is 0 Å². The Kier molecular flexibility index (Phi) is 4.52. The molecule has 1 heterocycles. The second-order valence-corrected chi connectivity index (χ2v) is 5.40. The minimum absolute atomic E-state index is 0.0381. The highest BCUT2D eigenvalue weighted by molar-refractivity contribution is 5.74. The minimum Gasteiger partial charge on any atom is -0.480 e. The first-order chi connectivity index (χ1) is 9.90. The zero-order valence-electron chi connectivity index (χ0n) is 11.7. The van der Waals surface area contributed by atoms with E-state index in [1.54, 1.807) is 4.90 Å². The standard InChI is InChI=1S/C14H17FN2O4/c1-9-3-2-6-16(13(9)14(18)19)8-10-7-11(15)4-5-12(10)17(20)21/h4-5,7,9,13H,2-3,6,8H2,1H3,(H,18,19). The number of hydrogen-bond donors (Lipinski definition) is 1. The van der Waals surface area contributed by atoms with E-state index in [0.29, 0.717) is 6.54 Å². The van der Waals surface area contributed by atoms with Crippen molar-refractivity contribution < 1.29 is 19.2 Å². The number of aliphatic carboxylic acids is 1. The minimum atomic E-state index is -0.943. The van der Waals surface area contributed by atoms with Crippen LogP contribution in [0.4, 0.5) is 10.1 Å². The van der Waals surface area contributed by atoms with Gasteiger partial charge in [-0.3, -0.25) is 19.8 Å². The molecule has 1 N–H and O–H groups in total. The first-order valence-corrected chi connectivity index (χ1v) is 6.80. The van der Waals surface area contributed by atoms with Crippen LogP contribution < -0.4 is 0 Å². The molecular formula is C14H17FN2O4. The van der Waals surface area contributed by atoms with Gasteiger partial charge in [0.15, 0.2) is 0 Å². The summed E-state index contributed by atoms with van der Waals surface area (Å²) in [5.41, 5.74) is 0.0270. The summed E-state index contributed by atoms with van der Waals surface area (Å²) in [5, 5.41) is 20.3. The Labute approximate surface area is 121 Å². The average molecular weight is 296 g/mol. The SMILES string of the molecule is CC1CCCN(Cc2cc(F)ccc2[N+](=O)[O-])C1C(=O)O. The smallest absolute Gasteiger partial charge is 0.321 e. The molecule has 0 radical (unpaired) electrons. The highest BCUT2D eigenvalue weighted by atomic mass is 19.1. The molecule has 0 aliphatic carbocycles. The number of nitrogens with zero attached hydrogens (tertiary/aromatic N) is 2. The van der Waals surface area contributed by atoms with Gasteiger partial charge in [-0.15, -0.1) is 0 Å². The number of carbonyl (C=O) groups is 1. The first-order valence-electron chi connectivity index (χ1n) is 6.80. The number of halogens is 1. The Balaban J connectivity index is 2.29. The van der Waals surface area contributed by atoms with Crippen LogP contribution in [0.15, 0.2) is 18.2 Å². The molecule has 0 bridgehead atoms. The number of likely N-dealkylation sites (tertiary alicyclic amines) is 1. The lowest BCUT2D eigenvalue weighted by Crippen LogP contribution is -2.48. The lowest BCUT2D eigenvalue weighted by atomic mass is 9.90. The quantitative estimate of drug-likeness (QED) is 0.681. The molecule has 7 heteroatoms. The van der Waals surface area contributed by atoms with Gasteiger partial charge < -0.3 is 5.11 Å². The number of nitro benzene ring substituents is 1. The molecule has 0 spiro atoms. The lowest BCUT2D eigenvalue weighted by molar-refractivity contribution is -0.385. The highest BCUT2D eigenvalue weighted by Gasteiger charge is 2.35. The Hall–Kier alpha value is -2.02. The van der Waals surface area contributed by atoms with Crippen molar-refractivity contribution in [3.63, 3.8) is 0 Å². The van der Waals surface area contributed by atoms with Crippen molar-refractivity contribution in [2.75, 3.05) is 6.54 Å². The van der Waals surface area contributed by atoms with Crippen molar-refractivity contribution in [3.8, 4) is 0 Å². The first kappa shape index (κ1) is 15.4. The maximum atomic E-state index is 13.3. The molecule has 0 amide bonds. The molecule has 114 valence electrons. The molecule has 0 saturated carbocycles. The zero-order chi connectivity index (χ0) is 15.6. The van der Waals surface area contributed by atoms with E-state index in [2.05, 4.69) is 0 Å². The summed E-state index contributed by atoms with van der Waals surface area (Å²) in [6.07, 6.45) is 1.63. The van der Waals surface area contributed by atoms with Crippen LogP contribution in [-0.4, -0.2) is 33.5 Å². The van der Waals surface area contributed by atoms with Crippen molar-refractivity contribution in [3.05, 3.63) is 39.7 Å². The topological polar surface area (TPSA) is 83.7 Å². The maximum absolute atomic E-state index is 13.3. The summed E-state index contributed by atoms with van der Waals surface area (Å²) in [6, 6.07) is 2.57. The number of nitro groups is 1. The van der Waals surface area contributed by atoms with Crippen molar-refractivity contribution in [1.82, 2.24) is 4.90 Å². The molecule has 1 saturated heterocycles. The van der Waals surface area contributed by atoms with E-state index in [1.807, 2.05) is 6.92 Å². The maximum Gasteiger partial charge on any atom is 0.321 e. The van der Waals surface area contributed by atoms with Gasteiger partial charge >= 0.3 is 5.97 Å². The number of carboxylic acids is 1. The Morgan fingerprint density at radius 2 is 2.29 bits per heavy atom. The van der Waals surface area contributed by atoms with Crippen LogP contribution >= 0.6 is 0 Å². The zero-order valence-corrected chi connectivity index (χ0v) is 11.7. The predicted molar refractivity (Wildman–Crippen MR) is 73.3 cm³/mol. The van der Waals surface area contributed by atoms with Crippen molar-refractivity contribution in [2.45, 2.75) is 32.4 Å². The van der Waals surface area contributed by atoms with Crippen molar-refractivity contribution in [1.29, 1.82) is 0 Å². The molecular weight excluding hydrogens is 279 g/mol. The normalized spacial score (nSPS) is 23.0. The van der Waals surface area contributed by atoms with E-state index in [9.17, 15) is 24.4 Å². The fourth-order valence-corrected chi connectivity index (χ4v) is 2.93. The molecule has 21 heavy (non-hydrogen) atoms. The summed E-state index contributed by atoms with van der Waals surface area (Å²) < 4.78 is 13.3. The van der Waals surface area contributed by atoms with Gasteiger partial charge in [0.25, 0.3) is 5.69 Å². The molecule has 1 aliphatic heterocycles. The van der Waals surface area contributed by atoms with Crippen LogP contribution in [0.3, 0.4) is 0 Å². The Bertz CT molecular complexity index is 564. The summed E-state index contributed by atoms with van der Waals surface area (Å²) >= 11 is 0.